The highest BCUT2D eigenvalue weighted by molar-refractivity contribution is 7.99. The lowest BCUT2D eigenvalue weighted by molar-refractivity contribution is -0.137. The summed E-state index contributed by atoms with van der Waals surface area (Å²) in [5.74, 6) is 6.03. The molecule has 0 bridgehead atoms. The summed E-state index contributed by atoms with van der Waals surface area (Å²) < 4.78 is 23.9. The van der Waals surface area contributed by atoms with Gasteiger partial charge in [0.1, 0.15) is 18.2 Å². The minimum atomic E-state index is -0.382. The van der Waals surface area contributed by atoms with Crippen LogP contribution >= 0.6 is 11.8 Å². The van der Waals surface area contributed by atoms with E-state index in [-0.39, 0.29) is 24.1 Å². The second kappa shape index (κ2) is 6.93. The first-order valence-corrected chi connectivity index (χ1v) is 6.86. The predicted molar refractivity (Wildman–Crippen MR) is 73.6 cm³/mol. The van der Waals surface area contributed by atoms with Crippen LogP contribution in [0.1, 0.15) is 5.82 Å². The Morgan fingerprint density at radius 3 is 2.76 bits per heavy atom. The largest absolute Gasteiger partial charge is 0.486 e. The molecule has 0 fully saturated rings. The van der Waals surface area contributed by atoms with E-state index in [4.69, 9.17) is 10.6 Å². The van der Waals surface area contributed by atoms with E-state index in [0.717, 1.165) is 11.8 Å². The van der Waals surface area contributed by atoms with Crippen molar-refractivity contribution in [2.45, 2.75) is 11.8 Å². The smallest absolute Gasteiger partial charge is 0.316 e. The first-order valence-electron chi connectivity index (χ1n) is 5.87. The van der Waals surface area contributed by atoms with Gasteiger partial charge in [0.2, 0.25) is 5.16 Å². The molecular formula is C12H13FN4O3S. The Labute approximate surface area is 124 Å². The van der Waals surface area contributed by atoms with Crippen molar-refractivity contribution in [3.05, 3.63) is 35.9 Å². The number of nitrogens with zero attached hydrogens (tertiary/aromatic N) is 3. The van der Waals surface area contributed by atoms with Gasteiger partial charge in [-0.2, -0.15) is 0 Å². The van der Waals surface area contributed by atoms with Crippen molar-refractivity contribution >= 4 is 17.7 Å². The Kier molecular flexibility index (Phi) is 4.99. The Hall–Kier alpha value is -2.29. The number of methoxy groups -OCH3 is 1. The van der Waals surface area contributed by atoms with E-state index in [2.05, 4.69) is 14.9 Å². The van der Waals surface area contributed by atoms with Crippen LogP contribution in [0.5, 0.6) is 5.75 Å². The Balaban J connectivity index is 1.93. The van der Waals surface area contributed by atoms with Crippen molar-refractivity contribution in [3.8, 4) is 5.75 Å². The van der Waals surface area contributed by atoms with Crippen LogP contribution in [-0.2, 0) is 16.1 Å². The SMILES string of the molecule is COC(=O)CSc1nnc(COc2ccc(F)cc2)n1N. The maximum absolute atomic E-state index is 12.8. The average molecular weight is 312 g/mol. The van der Waals surface area contributed by atoms with Crippen LogP contribution in [0, 0.1) is 5.82 Å². The van der Waals surface area contributed by atoms with E-state index < -0.39 is 0 Å². The molecule has 0 aliphatic heterocycles. The van der Waals surface area contributed by atoms with E-state index in [1.807, 2.05) is 0 Å². The molecule has 1 aromatic heterocycles. The number of aromatic nitrogens is 3. The monoisotopic (exact) mass is 312 g/mol. The topological polar surface area (TPSA) is 92.3 Å². The van der Waals surface area contributed by atoms with Crippen molar-refractivity contribution in [3.63, 3.8) is 0 Å². The molecule has 0 unspecified atom stereocenters. The fraction of sp³-hybridized carbons (Fsp3) is 0.250. The van der Waals surface area contributed by atoms with Crippen molar-refractivity contribution < 1.29 is 18.7 Å². The molecule has 7 nitrogen and oxygen atoms in total. The minimum absolute atomic E-state index is 0.0773. The summed E-state index contributed by atoms with van der Waals surface area (Å²) in [4.78, 5) is 11.0. The number of benzene rings is 1. The molecular weight excluding hydrogens is 299 g/mol. The van der Waals surface area contributed by atoms with Crippen LogP contribution in [-0.4, -0.2) is 33.7 Å². The lowest BCUT2D eigenvalue weighted by Crippen LogP contribution is -2.16. The fourth-order valence-electron chi connectivity index (χ4n) is 1.37. The van der Waals surface area contributed by atoms with Gasteiger partial charge in [0, 0.05) is 0 Å². The summed E-state index contributed by atoms with van der Waals surface area (Å²) >= 11 is 1.11. The van der Waals surface area contributed by atoms with Crippen molar-refractivity contribution in [2.24, 2.45) is 0 Å². The third-order valence-electron chi connectivity index (χ3n) is 2.46. The Morgan fingerprint density at radius 2 is 2.10 bits per heavy atom. The molecule has 0 saturated carbocycles. The van der Waals surface area contributed by atoms with E-state index in [9.17, 15) is 9.18 Å². The first kappa shape index (κ1) is 15.1. The van der Waals surface area contributed by atoms with Gasteiger partial charge in [0.15, 0.2) is 5.82 Å². The van der Waals surface area contributed by atoms with Gasteiger partial charge in [-0.3, -0.25) is 4.79 Å². The van der Waals surface area contributed by atoms with Gasteiger partial charge < -0.3 is 15.3 Å². The summed E-state index contributed by atoms with van der Waals surface area (Å²) in [6.07, 6.45) is 0. The number of hydrogen-bond donors (Lipinski definition) is 1. The summed E-state index contributed by atoms with van der Waals surface area (Å²) in [5, 5.41) is 8.09. The van der Waals surface area contributed by atoms with Gasteiger partial charge in [-0.05, 0) is 24.3 Å². The molecule has 2 rings (SSSR count). The van der Waals surface area contributed by atoms with Gasteiger partial charge >= 0.3 is 5.97 Å². The van der Waals surface area contributed by atoms with Crippen molar-refractivity contribution in [1.29, 1.82) is 0 Å². The van der Waals surface area contributed by atoms with E-state index >= 15 is 0 Å². The van der Waals surface area contributed by atoms with Crippen LogP contribution in [0.3, 0.4) is 0 Å². The number of nitrogens with two attached hydrogens (primary N) is 1. The Morgan fingerprint density at radius 1 is 1.38 bits per heavy atom. The lowest BCUT2D eigenvalue weighted by Gasteiger charge is -2.06. The third-order valence-corrected chi connectivity index (χ3v) is 3.38. The summed E-state index contributed by atoms with van der Waals surface area (Å²) in [6.45, 7) is 0.0773. The molecule has 0 radical (unpaired) electrons. The molecule has 112 valence electrons. The second-order valence-electron chi connectivity index (χ2n) is 3.88. The van der Waals surface area contributed by atoms with Crippen LogP contribution in [0.4, 0.5) is 4.39 Å². The number of carbonyl (C=O) groups is 1. The predicted octanol–water partition coefficient (Wildman–Crippen LogP) is 0.975. The molecule has 0 amide bonds. The summed E-state index contributed by atoms with van der Waals surface area (Å²) in [7, 11) is 1.30. The number of ether oxygens (including phenoxy) is 2. The Bertz CT molecular complexity index is 617. The molecule has 0 spiro atoms. The zero-order valence-electron chi connectivity index (χ0n) is 11.2. The lowest BCUT2D eigenvalue weighted by atomic mass is 10.3. The number of thioether (sulfide) groups is 1. The summed E-state index contributed by atoms with van der Waals surface area (Å²) in [6, 6.07) is 5.58. The van der Waals surface area contributed by atoms with Crippen molar-refractivity contribution in [2.75, 3.05) is 18.7 Å². The number of esters is 1. The zero-order valence-corrected chi connectivity index (χ0v) is 12.0. The molecule has 1 heterocycles. The molecule has 0 aliphatic rings. The van der Waals surface area contributed by atoms with E-state index in [1.165, 1.54) is 36.1 Å². The number of nitrogen functional groups attached to an aromatic ring is 1. The molecule has 0 atom stereocenters. The second-order valence-corrected chi connectivity index (χ2v) is 4.82. The van der Waals surface area contributed by atoms with Gasteiger partial charge in [0.25, 0.3) is 0 Å². The van der Waals surface area contributed by atoms with Crippen LogP contribution in [0.25, 0.3) is 0 Å². The average Bonchev–Trinajstić information content (AvgIpc) is 2.85. The highest BCUT2D eigenvalue weighted by Crippen LogP contribution is 2.16. The van der Waals surface area contributed by atoms with Crippen LogP contribution in [0.2, 0.25) is 0 Å². The van der Waals surface area contributed by atoms with E-state index in [0.29, 0.717) is 16.7 Å². The van der Waals surface area contributed by atoms with Gasteiger partial charge in [-0.15, -0.1) is 10.2 Å². The first-order chi connectivity index (χ1) is 10.1. The fourth-order valence-corrected chi connectivity index (χ4v) is 2.07. The summed E-state index contributed by atoms with van der Waals surface area (Å²) in [5.41, 5.74) is 0. The quantitative estimate of drug-likeness (QED) is 0.483. The van der Waals surface area contributed by atoms with Crippen LogP contribution < -0.4 is 10.6 Å². The maximum atomic E-state index is 12.8. The number of rotatable bonds is 6. The zero-order chi connectivity index (χ0) is 15.2. The minimum Gasteiger partial charge on any atom is -0.486 e. The molecule has 2 aromatic rings. The molecule has 0 aliphatic carbocycles. The molecule has 21 heavy (non-hydrogen) atoms. The highest BCUT2D eigenvalue weighted by atomic mass is 32.2. The number of halogens is 1. The maximum Gasteiger partial charge on any atom is 0.316 e. The van der Waals surface area contributed by atoms with E-state index in [1.54, 1.807) is 0 Å². The van der Waals surface area contributed by atoms with Crippen LogP contribution in [0.15, 0.2) is 29.4 Å². The third kappa shape index (κ3) is 4.09. The van der Waals surface area contributed by atoms with Crippen molar-refractivity contribution in [1.82, 2.24) is 14.9 Å². The number of carbonyl (C=O) groups excluding carboxylic acids is 1. The normalized spacial score (nSPS) is 10.4. The standard InChI is InChI=1S/C12H13FN4O3S/c1-19-11(18)7-21-12-16-15-10(17(12)14)6-20-9-4-2-8(13)3-5-9/h2-5H,6-7,14H2,1H3. The molecule has 9 heteroatoms. The molecule has 0 saturated heterocycles. The van der Waals surface area contributed by atoms with Gasteiger partial charge in [-0.1, -0.05) is 11.8 Å². The number of hydrogen-bond acceptors (Lipinski definition) is 7. The molecule has 2 N–H and O–H groups in total. The van der Waals surface area contributed by atoms with Gasteiger partial charge in [-0.25, -0.2) is 9.07 Å². The van der Waals surface area contributed by atoms with Gasteiger partial charge in [0.05, 0.1) is 12.9 Å². The highest BCUT2D eigenvalue weighted by Gasteiger charge is 2.12. The molecule has 1 aromatic carbocycles.